The first kappa shape index (κ1) is 18.7. The molecule has 150 valence electrons. The van der Waals surface area contributed by atoms with Crippen molar-refractivity contribution in [2.75, 3.05) is 5.32 Å². The molecule has 1 amide bonds. The number of carbonyl (C=O) groups is 1. The van der Waals surface area contributed by atoms with E-state index in [1.54, 1.807) is 34.6 Å². The van der Waals surface area contributed by atoms with Crippen molar-refractivity contribution < 1.29 is 9.21 Å². The minimum absolute atomic E-state index is 0.0266. The number of hydrogen-bond acceptors (Lipinski definition) is 5. The maximum atomic E-state index is 13.1. The Morgan fingerprint density at radius 3 is 2.67 bits per heavy atom. The van der Waals surface area contributed by atoms with Crippen molar-refractivity contribution in [1.29, 1.82) is 0 Å². The average molecular weight is 417 g/mol. The van der Waals surface area contributed by atoms with Crippen LogP contribution >= 0.6 is 11.8 Å². The van der Waals surface area contributed by atoms with E-state index < -0.39 is 11.5 Å². The number of nitrogens with one attached hydrogen (secondary N) is 1. The number of nitrogens with zero attached hydrogens (tertiary/aromatic N) is 2. The number of aryl methyl sites for hydroxylation is 2. The predicted molar refractivity (Wildman–Crippen MR) is 118 cm³/mol. The van der Waals surface area contributed by atoms with E-state index in [4.69, 9.17) is 9.52 Å². The van der Waals surface area contributed by atoms with Crippen molar-refractivity contribution in [3.8, 4) is 5.69 Å². The van der Waals surface area contributed by atoms with Gasteiger partial charge in [-0.15, -0.1) is 0 Å². The molecule has 6 nitrogen and oxygen atoms in total. The summed E-state index contributed by atoms with van der Waals surface area (Å²) in [6.07, 6.45) is 0. The zero-order valence-electron chi connectivity index (χ0n) is 16.6. The second kappa shape index (κ2) is 7.18. The maximum absolute atomic E-state index is 13.1. The molecule has 0 radical (unpaired) electrons. The van der Waals surface area contributed by atoms with Gasteiger partial charge < -0.3 is 9.73 Å². The highest BCUT2D eigenvalue weighted by atomic mass is 32.2. The minimum Gasteiger partial charge on any atom is -0.422 e. The van der Waals surface area contributed by atoms with Crippen LogP contribution in [0.1, 0.15) is 32.7 Å². The Labute approximate surface area is 176 Å². The second-order valence-electron chi connectivity index (χ2n) is 7.46. The number of thioether (sulfide) groups is 1. The molecule has 3 heterocycles. The van der Waals surface area contributed by atoms with Crippen LogP contribution < -0.4 is 10.9 Å². The van der Waals surface area contributed by atoms with Gasteiger partial charge in [-0.3, -0.25) is 4.79 Å². The van der Waals surface area contributed by atoms with Gasteiger partial charge in [-0.1, -0.05) is 24.3 Å². The van der Waals surface area contributed by atoms with Crippen LogP contribution in [0.2, 0.25) is 0 Å². The van der Waals surface area contributed by atoms with E-state index >= 15 is 0 Å². The third-order valence-electron chi connectivity index (χ3n) is 5.12. The second-order valence-corrected chi connectivity index (χ2v) is 8.45. The van der Waals surface area contributed by atoms with Gasteiger partial charge in [0.25, 0.3) is 5.91 Å². The molecule has 1 aliphatic rings. The lowest BCUT2D eigenvalue weighted by molar-refractivity contribution is 0.102. The Hall–Kier alpha value is -3.32. The lowest BCUT2D eigenvalue weighted by Gasteiger charge is -2.12. The summed E-state index contributed by atoms with van der Waals surface area (Å²) in [5.74, 6) is 1.67. The first-order chi connectivity index (χ1) is 14.5. The van der Waals surface area contributed by atoms with Gasteiger partial charge in [-0.25, -0.2) is 9.48 Å². The molecule has 0 atom stereocenters. The standard InChI is InChI=1S/C23H19N3O3S/c1-13-7-14(2)9-16(8-13)26-21(18-11-30-12-19(18)25-26)24-22(27)17-10-15-5-3-4-6-20(15)29-23(17)28/h3-10H,11-12H2,1-2H3,(H,24,27). The summed E-state index contributed by atoms with van der Waals surface area (Å²) < 4.78 is 7.10. The number of fused-ring (bicyclic) bond motifs is 2. The maximum Gasteiger partial charge on any atom is 0.349 e. The highest BCUT2D eigenvalue weighted by molar-refractivity contribution is 7.98. The Morgan fingerprint density at radius 1 is 1.10 bits per heavy atom. The number of para-hydroxylation sites is 1. The molecule has 0 bridgehead atoms. The monoisotopic (exact) mass is 417 g/mol. The Kier molecular flexibility index (Phi) is 4.47. The number of amides is 1. The number of aromatic nitrogens is 2. The van der Waals surface area contributed by atoms with Gasteiger partial charge in [-0.2, -0.15) is 16.9 Å². The van der Waals surface area contributed by atoms with E-state index in [9.17, 15) is 9.59 Å². The molecule has 5 rings (SSSR count). The molecule has 2 aromatic carbocycles. The molecule has 0 fully saturated rings. The number of benzene rings is 2. The summed E-state index contributed by atoms with van der Waals surface area (Å²) in [5, 5.41) is 8.38. The van der Waals surface area contributed by atoms with Crippen molar-refractivity contribution in [1.82, 2.24) is 9.78 Å². The van der Waals surface area contributed by atoms with E-state index in [2.05, 4.69) is 11.4 Å². The number of rotatable bonds is 3. The van der Waals surface area contributed by atoms with E-state index in [0.717, 1.165) is 39.6 Å². The molecule has 0 unspecified atom stereocenters. The zero-order chi connectivity index (χ0) is 20.8. The Bertz CT molecular complexity index is 1350. The largest absolute Gasteiger partial charge is 0.422 e. The van der Waals surface area contributed by atoms with E-state index in [-0.39, 0.29) is 5.56 Å². The topological polar surface area (TPSA) is 77.1 Å². The van der Waals surface area contributed by atoms with Crippen LogP contribution in [0.4, 0.5) is 5.82 Å². The Balaban J connectivity index is 1.59. The molecule has 0 saturated carbocycles. The third kappa shape index (κ3) is 3.21. The SMILES string of the molecule is Cc1cc(C)cc(-n2nc3c(c2NC(=O)c2cc4ccccc4oc2=O)CSC3)c1. The number of carbonyl (C=O) groups excluding carboxylic acids is 1. The van der Waals surface area contributed by atoms with Crippen molar-refractivity contribution in [2.24, 2.45) is 0 Å². The zero-order valence-corrected chi connectivity index (χ0v) is 17.4. The molecule has 0 saturated heterocycles. The normalized spacial score (nSPS) is 12.9. The van der Waals surface area contributed by atoms with Crippen molar-refractivity contribution >= 4 is 34.5 Å². The van der Waals surface area contributed by atoms with Crippen LogP contribution in [-0.4, -0.2) is 15.7 Å². The van der Waals surface area contributed by atoms with Crippen LogP contribution in [-0.2, 0) is 11.5 Å². The molecule has 2 aromatic heterocycles. The van der Waals surface area contributed by atoms with Gasteiger partial charge >= 0.3 is 5.63 Å². The Morgan fingerprint density at radius 2 is 1.87 bits per heavy atom. The fourth-order valence-corrected chi connectivity index (χ4v) is 4.83. The van der Waals surface area contributed by atoms with Crippen LogP contribution in [0.3, 0.4) is 0 Å². The first-order valence-electron chi connectivity index (χ1n) is 9.61. The average Bonchev–Trinajstić information content (AvgIpc) is 3.29. The van der Waals surface area contributed by atoms with Crippen LogP contribution in [0.15, 0.2) is 57.7 Å². The van der Waals surface area contributed by atoms with Gasteiger partial charge in [0.2, 0.25) is 0 Å². The molecule has 30 heavy (non-hydrogen) atoms. The molecular formula is C23H19N3O3S. The van der Waals surface area contributed by atoms with Crippen molar-refractivity contribution in [3.05, 3.63) is 86.9 Å². The highest BCUT2D eigenvalue weighted by Gasteiger charge is 2.26. The minimum atomic E-state index is -0.658. The van der Waals surface area contributed by atoms with Gasteiger partial charge in [0.05, 0.1) is 11.4 Å². The summed E-state index contributed by atoms with van der Waals surface area (Å²) in [6.45, 7) is 4.06. The lowest BCUT2D eigenvalue weighted by Crippen LogP contribution is -2.22. The van der Waals surface area contributed by atoms with Gasteiger partial charge in [0, 0.05) is 22.5 Å². The van der Waals surface area contributed by atoms with Gasteiger partial charge in [0.15, 0.2) is 0 Å². The van der Waals surface area contributed by atoms with Crippen molar-refractivity contribution in [3.63, 3.8) is 0 Å². The first-order valence-corrected chi connectivity index (χ1v) is 10.8. The molecular weight excluding hydrogens is 398 g/mol. The molecule has 1 aliphatic heterocycles. The molecule has 0 aliphatic carbocycles. The fourth-order valence-electron chi connectivity index (χ4n) is 3.80. The molecule has 4 aromatic rings. The van der Waals surface area contributed by atoms with Crippen LogP contribution in [0, 0.1) is 13.8 Å². The summed E-state index contributed by atoms with van der Waals surface area (Å²) >= 11 is 1.75. The van der Waals surface area contributed by atoms with Gasteiger partial charge in [0.1, 0.15) is 17.0 Å². The molecule has 0 spiro atoms. The van der Waals surface area contributed by atoms with Crippen molar-refractivity contribution in [2.45, 2.75) is 25.4 Å². The van der Waals surface area contributed by atoms with E-state index in [1.165, 1.54) is 0 Å². The highest BCUT2D eigenvalue weighted by Crippen LogP contribution is 2.36. The summed E-state index contributed by atoms with van der Waals surface area (Å²) in [6, 6.07) is 14.9. The smallest absolute Gasteiger partial charge is 0.349 e. The van der Waals surface area contributed by atoms with Crippen LogP contribution in [0.25, 0.3) is 16.7 Å². The molecule has 1 N–H and O–H groups in total. The third-order valence-corrected chi connectivity index (χ3v) is 6.09. The van der Waals surface area contributed by atoms with Crippen LogP contribution in [0.5, 0.6) is 0 Å². The van der Waals surface area contributed by atoms with E-state index in [1.807, 2.05) is 38.1 Å². The summed E-state index contributed by atoms with van der Waals surface area (Å²) in [4.78, 5) is 25.5. The number of hydrogen-bond donors (Lipinski definition) is 1. The quantitative estimate of drug-likeness (QED) is 0.493. The summed E-state index contributed by atoms with van der Waals surface area (Å²) in [7, 11) is 0. The molecule has 7 heteroatoms. The fraction of sp³-hybridized carbons (Fsp3) is 0.174. The summed E-state index contributed by atoms with van der Waals surface area (Å²) in [5.41, 5.74) is 4.84. The lowest BCUT2D eigenvalue weighted by atomic mass is 10.1. The predicted octanol–water partition coefficient (Wildman–Crippen LogP) is 4.59. The number of anilines is 1. The van der Waals surface area contributed by atoms with Gasteiger partial charge in [-0.05, 0) is 49.2 Å². The van der Waals surface area contributed by atoms with E-state index in [0.29, 0.717) is 16.8 Å².